The lowest BCUT2D eigenvalue weighted by Crippen LogP contribution is -2.45. The van der Waals surface area contributed by atoms with E-state index >= 15 is 0 Å². The summed E-state index contributed by atoms with van der Waals surface area (Å²) in [7, 11) is 3.12. The van der Waals surface area contributed by atoms with Gasteiger partial charge in [-0.3, -0.25) is 14.4 Å². The van der Waals surface area contributed by atoms with Gasteiger partial charge < -0.3 is 38.8 Å². The number of ether oxygens (including phenoxy) is 2. The molecule has 6 aromatic rings. The molecule has 0 radical (unpaired) electrons. The molecule has 2 amide bonds. The smallest absolute Gasteiger partial charge is 0.234 e. The number of aromatic nitrogens is 4. The number of aryl methyl sites for hydroxylation is 2. The molecule has 8 rings (SSSR count). The third-order valence-corrected chi connectivity index (χ3v) is 12.3. The molecule has 4 unspecified atom stereocenters. The van der Waals surface area contributed by atoms with Crippen molar-refractivity contribution in [1.82, 2.24) is 28.9 Å². The fourth-order valence-corrected chi connectivity index (χ4v) is 8.64. The lowest BCUT2D eigenvalue weighted by molar-refractivity contribution is -0.139. The summed E-state index contributed by atoms with van der Waals surface area (Å²) in [6.07, 6.45) is 9.74. The summed E-state index contributed by atoms with van der Waals surface area (Å²) in [5.74, 6) is 2.14. The van der Waals surface area contributed by atoms with Crippen LogP contribution in [0.2, 0.25) is 0 Å². The highest BCUT2D eigenvalue weighted by Gasteiger charge is 2.38. The van der Waals surface area contributed by atoms with Gasteiger partial charge in [0.1, 0.15) is 29.1 Å². The molecule has 4 N–H and O–H groups in total. The number of carbonyl (C=O) groups is 3. The zero-order valence-electron chi connectivity index (χ0n) is 38.8. The minimum Gasteiger partial charge on any atom is -0.495 e. The van der Waals surface area contributed by atoms with E-state index in [0.717, 1.165) is 46.7 Å². The average Bonchev–Trinajstić information content (AvgIpc) is 4.00. The lowest BCUT2D eigenvalue weighted by Gasteiger charge is -2.37. The molecule has 18 heteroatoms. The Balaban J connectivity index is 0.000000242. The second kappa shape index (κ2) is 23.7. The molecule has 4 aromatic carbocycles. The standard InChI is InChI=1S/C25H27FN4O3.C25H26FN3O3.ClH.H3NO/c1-16-14-29(15-27-16)22-11-8-19(13-23(22)33-3)24(28-32)21-5-4-12-30(25(21)31)17(2)18-6-9-20(26)10-7-18;1-16-14-28(15-27-16)22-11-8-19(13-23(22)32-3)24(30)21-5-4-12-29(25(21)31)17(2)18-6-9-20(26)10-7-18;;1-2/h6-11,13-15,17,21,32H,4-5,12H2,1-3H3;6-11,13-15,17,21H,4-5,12H2,1-3H3;1H;2H,1H2. The number of nitrogens with zero attached hydrogens (tertiary/aromatic N) is 7. The fraction of sp³-hybridized carbons (Fsp3) is 0.320. The molecule has 0 spiro atoms. The number of likely N-dealkylation sites (tertiary alicyclic amines) is 2. The monoisotopic (exact) mass is 954 g/mol. The molecule has 2 fully saturated rings. The topological polar surface area (TPSA) is 191 Å². The third-order valence-electron chi connectivity index (χ3n) is 12.3. The van der Waals surface area contributed by atoms with Crippen molar-refractivity contribution < 1.29 is 43.1 Å². The van der Waals surface area contributed by atoms with Crippen LogP contribution in [0.1, 0.15) is 90.1 Å². The number of halogens is 3. The molecule has 4 atom stereocenters. The Morgan fingerprint density at radius 1 is 0.691 bits per heavy atom. The van der Waals surface area contributed by atoms with Crippen molar-refractivity contribution in [1.29, 1.82) is 0 Å². The highest BCUT2D eigenvalue weighted by Crippen LogP contribution is 2.34. The maximum absolute atomic E-state index is 13.4. The largest absolute Gasteiger partial charge is 0.495 e. The number of ketones is 1. The van der Waals surface area contributed by atoms with Crippen molar-refractivity contribution in [2.75, 3.05) is 27.3 Å². The molecule has 0 saturated carbocycles. The Morgan fingerprint density at radius 2 is 1.10 bits per heavy atom. The van der Waals surface area contributed by atoms with Crippen molar-refractivity contribution in [3.05, 3.63) is 155 Å². The van der Waals surface area contributed by atoms with Crippen LogP contribution in [0.4, 0.5) is 8.78 Å². The average molecular weight is 956 g/mol. The number of carbonyl (C=O) groups excluding carboxylic acids is 3. The van der Waals surface area contributed by atoms with E-state index in [0.29, 0.717) is 54.3 Å². The van der Waals surface area contributed by atoms with Crippen molar-refractivity contribution in [3.63, 3.8) is 0 Å². The highest BCUT2D eigenvalue weighted by molar-refractivity contribution is 6.13. The predicted molar refractivity (Wildman–Crippen MR) is 254 cm³/mol. The number of oxime groups is 1. The summed E-state index contributed by atoms with van der Waals surface area (Å²) in [5, 5.41) is 19.9. The molecular formula is C50H57ClF2N8O7. The van der Waals surface area contributed by atoms with Crippen LogP contribution in [-0.2, 0) is 9.59 Å². The molecule has 15 nitrogen and oxygen atoms in total. The zero-order valence-corrected chi connectivity index (χ0v) is 39.6. The van der Waals surface area contributed by atoms with Crippen LogP contribution in [0.3, 0.4) is 0 Å². The first kappa shape index (κ1) is 52.0. The number of rotatable bonds is 12. The van der Waals surface area contributed by atoms with E-state index in [1.165, 1.54) is 24.3 Å². The van der Waals surface area contributed by atoms with Gasteiger partial charge in [-0.15, -0.1) is 12.4 Å². The summed E-state index contributed by atoms with van der Waals surface area (Å²) < 4.78 is 41.4. The van der Waals surface area contributed by atoms with Gasteiger partial charge in [0.05, 0.1) is 73.4 Å². The lowest BCUT2D eigenvalue weighted by atomic mass is 9.87. The van der Waals surface area contributed by atoms with E-state index in [-0.39, 0.29) is 53.7 Å². The number of hydrogen-bond acceptors (Lipinski definition) is 11. The number of nitrogens with two attached hydrogens (primary N) is 1. The molecule has 4 heterocycles. The molecule has 2 aliphatic rings. The first-order valence-corrected chi connectivity index (χ1v) is 21.8. The second-order valence-corrected chi connectivity index (χ2v) is 16.4. The Labute approximate surface area is 400 Å². The zero-order chi connectivity index (χ0) is 48.4. The molecule has 0 bridgehead atoms. The predicted octanol–water partition coefficient (Wildman–Crippen LogP) is 8.77. The SMILES string of the molecule is COc1cc(C(=NO)C2CCCN(C(C)c3ccc(F)cc3)C2=O)ccc1-n1cnc(C)c1.COc1cc(C(=O)C2CCCN(C(C)c3ccc(F)cc3)C2=O)ccc1-n1cnc(C)c1.Cl.NO. The summed E-state index contributed by atoms with van der Waals surface area (Å²) in [4.78, 5) is 52.0. The molecule has 0 aliphatic carbocycles. The van der Waals surface area contributed by atoms with Crippen LogP contribution in [-0.4, -0.2) is 89.9 Å². The van der Waals surface area contributed by atoms with E-state index in [1.807, 2.05) is 61.4 Å². The highest BCUT2D eigenvalue weighted by atomic mass is 35.5. The van der Waals surface area contributed by atoms with E-state index in [9.17, 15) is 28.4 Å². The fourth-order valence-electron chi connectivity index (χ4n) is 8.64. The molecular weight excluding hydrogens is 898 g/mol. The molecule has 2 saturated heterocycles. The van der Waals surface area contributed by atoms with Crippen LogP contribution < -0.4 is 15.4 Å². The minimum absolute atomic E-state index is 0. The van der Waals surface area contributed by atoms with E-state index in [4.69, 9.17) is 14.7 Å². The number of piperidine rings is 2. The number of hydrogen-bond donors (Lipinski definition) is 3. The Morgan fingerprint density at radius 3 is 1.51 bits per heavy atom. The summed E-state index contributed by atoms with van der Waals surface area (Å²) in [6.45, 7) is 8.80. The van der Waals surface area contributed by atoms with Gasteiger partial charge in [-0.2, -0.15) is 0 Å². The van der Waals surface area contributed by atoms with Gasteiger partial charge in [-0.05, 0) is 119 Å². The summed E-state index contributed by atoms with van der Waals surface area (Å²) in [5.41, 5.74) is 6.37. The van der Waals surface area contributed by atoms with Crippen LogP contribution in [0, 0.1) is 37.3 Å². The Bertz CT molecular complexity index is 2690. The second-order valence-electron chi connectivity index (χ2n) is 16.4. The molecule has 360 valence electrons. The normalized spacial score (nSPS) is 16.9. The number of methoxy groups -OCH3 is 2. The molecule has 68 heavy (non-hydrogen) atoms. The van der Waals surface area contributed by atoms with Gasteiger partial charge in [0.2, 0.25) is 11.8 Å². The van der Waals surface area contributed by atoms with E-state index < -0.39 is 11.8 Å². The summed E-state index contributed by atoms with van der Waals surface area (Å²) in [6, 6.07) is 22.5. The van der Waals surface area contributed by atoms with Crippen LogP contribution >= 0.6 is 12.4 Å². The maximum Gasteiger partial charge on any atom is 0.234 e. The van der Waals surface area contributed by atoms with Crippen molar-refractivity contribution in [2.24, 2.45) is 22.9 Å². The van der Waals surface area contributed by atoms with Gasteiger partial charge >= 0.3 is 0 Å². The quantitative estimate of drug-likeness (QED) is 0.0352. The minimum atomic E-state index is -0.738. The van der Waals surface area contributed by atoms with Crippen molar-refractivity contribution >= 4 is 35.7 Å². The number of benzene rings is 4. The Kier molecular flexibility index (Phi) is 18.1. The third kappa shape index (κ3) is 11.6. The van der Waals surface area contributed by atoms with Gasteiger partial charge in [-0.1, -0.05) is 35.5 Å². The summed E-state index contributed by atoms with van der Waals surface area (Å²) >= 11 is 0. The van der Waals surface area contributed by atoms with Crippen LogP contribution in [0.15, 0.2) is 115 Å². The number of imidazole rings is 2. The number of Topliss-reactive ketones (excluding diaryl/α,β-unsaturated/α-hetero) is 1. The first-order valence-electron chi connectivity index (χ1n) is 21.8. The maximum atomic E-state index is 13.4. The van der Waals surface area contributed by atoms with Gasteiger partial charge in [-0.25, -0.2) is 24.6 Å². The van der Waals surface area contributed by atoms with Crippen LogP contribution in [0.25, 0.3) is 11.4 Å². The van der Waals surface area contributed by atoms with Crippen LogP contribution in [0.5, 0.6) is 11.5 Å². The van der Waals surface area contributed by atoms with E-state index in [1.54, 1.807) is 85.2 Å². The van der Waals surface area contributed by atoms with Gasteiger partial charge in [0, 0.05) is 36.6 Å². The molecule has 2 aromatic heterocycles. The number of amides is 2. The van der Waals surface area contributed by atoms with Crippen molar-refractivity contribution in [3.8, 4) is 22.9 Å². The van der Waals surface area contributed by atoms with Gasteiger partial charge in [0.25, 0.3) is 0 Å². The molecule has 2 aliphatic heterocycles. The van der Waals surface area contributed by atoms with E-state index in [2.05, 4.69) is 21.0 Å². The van der Waals surface area contributed by atoms with Crippen molar-refractivity contribution in [2.45, 2.75) is 65.5 Å². The van der Waals surface area contributed by atoms with Gasteiger partial charge in [0.15, 0.2) is 5.78 Å². The first-order chi connectivity index (χ1) is 32.3. The Hall–Kier alpha value is -6.95.